The van der Waals surface area contributed by atoms with Gasteiger partial charge in [0.25, 0.3) is 5.91 Å². The van der Waals surface area contributed by atoms with E-state index in [1.165, 1.54) is 19.3 Å². The van der Waals surface area contributed by atoms with Gasteiger partial charge in [0.15, 0.2) is 0 Å². The normalized spacial score (nSPS) is 16.3. The van der Waals surface area contributed by atoms with E-state index in [9.17, 15) is 4.79 Å². The van der Waals surface area contributed by atoms with Crippen LogP contribution < -0.4 is 0 Å². The van der Waals surface area contributed by atoms with Crippen LogP contribution in [0.1, 0.15) is 49.7 Å². The predicted molar refractivity (Wildman–Crippen MR) is 74.6 cm³/mol. The van der Waals surface area contributed by atoms with Crippen LogP contribution in [0.3, 0.4) is 0 Å². The van der Waals surface area contributed by atoms with E-state index in [1.807, 2.05) is 36.3 Å². The van der Waals surface area contributed by atoms with E-state index in [0.717, 1.165) is 23.9 Å². The van der Waals surface area contributed by atoms with Crippen molar-refractivity contribution in [3.63, 3.8) is 0 Å². The minimum atomic E-state index is 0.222. The minimum Gasteiger partial charge on any atom is -0.338 e. The van der Waals surface area contributed by atoms with Crippen LogP contribution in [0.4, 0.5) is 0 Å². The monoisotopic (exact) mass is 253 g/mol. The number of piperidine rings is 1. The number of likely N-dealkylation sites (tertiary alicyclic amines) is 1. The molecule has 3 heteroatoms. The average molecular weight is 253 g/mol. The quantitative estimate of drug-likeness (QED) is 0.779. The Balaban J connectivity index is 0.000000686. The third-order valence-corrected chi connectivity index (χ3v) is 4.07. The van der Waals surface area contributed by atoms with Crippen LogP contribution in [-0.4, -0.2) is 23.9 Å². The molecule has 0 bridgehead atoms. The molecule has 2 nitrogen and oxygen atoms in total. The lowest BCUT2D eigenvalue weighted by atomic mass is 9.94. The molecule has 1 aliphatic rings. The standard InChI is InChI=1S/C12H17NOS.C2H6/c1-2-10-5-7-13(8-6-10)12(14)11-4-3-9-15-11;1-2/h3-4,9-10H,2,5-8H2,1H3;1-2H3. The Morgan fingerprint density at radius 3 is 2.53 bits per heavy atom. The van der Waals surface area contributed by atoms with Crippen LogP contribution in [0.2, 0.25) is 0 Å². The van der Waals surface area contributed by atoms with Crippen LogP contribution in [0.25, 0.3) is 0 Å². The summed E-state index contributed by atoms with van der Waals surface area (Å²) in [6.45, 7) is 8.12. The summed E-state index contributed by atoms with van der Waals surface area (Å²) in [5.41, 5.74) is 0. The highest BCUT2D eigenvalue weighted by atomic mass is 32.1. The summed E-state index contributed by atoms with van der Waals surface area (Å²) in [5.74, 6) is 1.05. The molecule has 17 heavy (non-hydrogen) atoms. The van der Waals surface area contributed by atoms with E-state index in [2.05, 4.69) is 6.92 Å². The Labute approximate surface area is 109 Å². The van der Waals surface area contributed by atoms with E-state index in [4.69, 9.17) is 0 Å². The van der Waals surface area contributed by atoms with Gasteiger partial charge in [0.1, 0.15) is 0 Å². The van der Waals surface area contributed by atoms with Crippen molar-refractivity contribution in [1.82, 2.24) is 4.90 Å². The zero-order valence-corrected chi connectivity index (χ0v) is 11.9. The molecule has 1 aliphatic heterocycles. The fraction of sp³-hybridized carbons (Fsp3) is 0.643. The van der Waals surface area contributed by atoms with Crippen molar-refractivity contribution in [2.24, 2.45) is 5.92 Å². The molecule has 2 rings (SSSR count). The second kappa shape index (κ2) is 7.49. The molecule has 1 fully saturated rings. The van der Waals surface area contributed by atoms with Gasteiger partial charge in [-0.2, -0.15) is 0 Å². The molecule has 1 amide bonds. The number of hydrogen-bond donors (Lipinski definition) is 0. The fourth-order valence-corrected chi connectivity index (χ4v) is 2.79. The SMILES string of the molecule is CC.CCC1CCN(C(=O)c2cccs2)CC1. The van der Waals surface area contributed by atoms with Crippen LogP contribution in [0.15, 0.2) is 17.5 Å². The fourth-order valence-electron chi connectivity index (χ4n) is 2.10. The molecule has 1 saturated heterocycles. The summed E-state index contributed by atoms with van der Waals surface area (Å²) in [6.07, 6.45) is 3.60. The first-order valence-corrected chi connectivity index (χ1v) is 7.52. The Bertz CT molecular complexity index is 313. The van der Waals surface area contributed by atoms with Crippen molar-refractivity contribution in [2.75, 3.05) is 13.1 Å². The van der Waals surface area contributed by atoms with Gasteiger partial charge in [-0.15, -0.1) is 11.3 Å². The van der Waals surface area contributed by atoms with Crippen molar-refractivity contribution in [2.45, 2.75) is 40.0 Å². The molecule has 0 spiro atoms. The Hall–Kier alpha value is -0.830. The Morgan fingerprint density at radius 2 is 2.06 bits per heavy atom. The van der Waals surface area contributed by atoms with Gasteiger partial charge in [-0.25, -0.2) is 0 Å². The van der Waals surface area contributed by atoms with E-state index in [0.29, 0.717) is 0 Å². The third kappa shape index (κ3) is 3.84. The van der Waals surface area contributed by atoms with E-state index in [-0.39, 0.29) is 5.91 Å². The lowest BCUT2D eigenvalue weighted by molar-refractivity contribution is 0.0694. The highest BCUT2D eigenvalue weighted by Crippen LogP contribution is 2.22. The van der Waals surface area contributed by atoms with E-state index >= 15 is 0 Å². The number of rotatable bonds is 2. The number of amides is 1. The van der Waals surface area contributed by atoms with Crippen molar-refractivity contribution in [3.05, 3.63) is 22.4 Å². The number of carbonyl (C=O) groups excluding carboxylic acids is 1. The number of hydrogen-bond acceptors (Lipinski definition) is 2. The number of thiophene rings is 1. The van der Waals surface area contributed by atoms with Gasteiger partial charge in [-0.1, -0.05) is 33.3 Å². The predicted octanol–water partition coefficient (Wildman–Crippen LogP) is 4.04. The molecule has 0 aromatic carbocycles. The lowest BCUT2D eigenvalue weighted by Crippen LogP contribution is -2.37. The largest absolute Gasteiger partial charge is 0.338 e. The molecule has 2 heterocycles. The summed E-state index contributed by atoms with van der Waals surface area (Å²) in [4.78, 5) is 14.9. The zero-order valence-electron chi connectivity index (χ0n) is 11.1. The topological polar surface area (TPSA) is 20.3 Å². The maximum absolute atomic E-state index is 12.0. The molecule has 0 atom stereocenters. The summed E-state index contributed by atoms with van der Waals surface area (Å²) in [5, 5.41) is 1.96. The van der Waals surface area contributed by atoms with E-state index in [1.54, 1.807) is 11.3 Å². The molecule has 0 aliphatic carbocycles. The van der Waals surface area contributed by atoms with Crippen molar-refractivity contribution in [3.8, 4) is 0 Å². The van der Waals surface area contributed by atoms with Gasteiger partial charge in [-0.3, -0.25) is 4.79 Å². The second-order valence-electron chi connectivity index (χ2n) is 4.12. The van der Waals surface area contributed by atoms with Crippen LogP contribution in [-0.2, 0) is 0 Å². The van der Waals surface area contributed by atoms with Crippen molar-refractivity contribution >= 4 is 17.2 Å². The van der Waals surface area contributed by atoms with Crippen LogP contribution >= 0.6 is 11.3 Å². The summed E-state index contributed by atoms with van der Waals surface area (Å²) in [6, 6.07) is 3.86. The highest BCUT2D eigenvalue weighted by Gasteiger charge is 2.22. The molecule has 0 unspecified atom stereocenters. The lowest BCUT2D eigenvalue weighted by Gasteiger charge is -2.31. The molecule has 0 N–H and O–H groups in total. The maximum atomic E-state index is 12.0. The second-order valence-corrected chi connectivity index (χ2v) is 5.07. The van der Waals surface area contributed by atoms with Gasteiger partial charge >= 0.3 is 0 Å². The molecule has 0 radical (unpaired) electrons. The van der Waals surface area contributed by atoms with Gasteiger partial charge in [0, 0.05) is 13.1 Å². The van der Waals surface area contributed by atoms with Crippen molar-refractivity contribution < 1.29 is 4.79 Å². The summed E-state index contributed by atoms with van der Waals surface area (Å²) < 4.78 is 0. The zero-order chi connectivity index (χ0) is 12.7. The molecule has 0 saturated carbocycles. The molecular weight excluding hydrogens is 230 g/mol. The first-order chi connectivity index (χ1) is 8.31. The summed E-state index contributed by atoms with van der Waals surface area (Å²) in [7, 11) is 0. The first-order valence-electron chi connectivity index (χ1n) is 6.64. The molecule has 1 aromatic rings. The Kier molecular flexibility index (Phi) is 6.27. The van der Waals surface area contributed by atoms with Crippen LogP contribution in [0.5, 0.6) is 0 Å². The minimum absolute atomic E-state index is 0.222. The first kappa shape index (κ1) is 14.2. The smallest absolute Gasteiger partial charge is 0.263 e. The number of carbonyl (C=O) groups is 1. The third-order valence-electron chi connectivity index (χ3n) is 3.21. The summed E-state index contributed by atoms with van der Waals surface area (Å²) >= 11 is 1.54. The highest BCUT2D eigenvalue weighted by molar-refractivity contribution is 7.12. The molecule has 96 valence electrons. The van der Waals surface area contributed by atoms with E-state index < -0.39 is 0 Å². The van der Waals surface area contributed by atoms with Crippen molar-refractivity contribution in [1.29, 1.82) is 0 Å². The molecule has 1 aromatic heterocycles. The van der Waals surface area contributed by atoms with Gasteiger partial charge < -0.3 is 4.90 Å². The van der Waals surface area contributed by atoms with Crippen LogP contribution in [0, 0.1) is 5.92 Å². The average Bonchev–Trinajstić information content (AvgIpc) is 2.94. The maximum Gasteiger partial charge on any atom is 0.263 e. The van der Waals surface area contributed by atoms with Gasteiger partial charge in [0.2, 0.25) is 0 Å². The van der Waals surface area contributed by atoms with Gasteiger partial charge in [-0.05, 0) is 30.2 Å². The van der Waals surface area contributed by atoms with Gasteiger partial charge in [0.05, 0.1) is 4.88 Å². The Morgan fingerprint density at radius 1 is 1.41 bits per heavy atom. The number of nitrogens with zero attached hydrogens (tertiary/aromatic N) is 1. The molecular formula is C14H23NOS.